The van der Waals surface area contributed by atoms with Crippen molar-refractivity contribution < 1.29 is 4.79 Å². The van der Waals surface area contributed by atoms with E-state index in [1.165, 1.54) is 17.3 Å². The molecule has 27 heavy (non-hydrogen) atoms. The van der Waals surface area contributed by atoms with Crippen LogP contribution in [0.2, 0.25) is 5.02 Å². The first-order valence-corrected chi connectivity index (χ1v) is 10.0. The normalized spacial score (nSPS) is 12.0. The topological polar surface area (TPSA) is 59.8 Å². The number of hydrogen-bond donors (Lipinski definition) is 1. The van der Waals surface area contributed by atoms with Crippen molar-refractivity contribution in [3.63, 3.8) is 0 Å². The van der Waals surface area contributed by atoms with Gasteiger partial charge in [-0.05, 0) is 31.5 Å². The van der Waals surface area contributed by atoms with Crippen molar-refractivity contribution in [1.82, 2.24) is 14.8 Å². The molecule has 2 aromatic carbocycles. The van der Waals surface area contributed by atoms with Gasteiger partial charge in [-0.3, -0.25) is 4.79 Å². The van der Waals surface area contributed by atoms with E-state index in [1.807, 2.05) is 37.3 Å². The van der Waals surface area contributed by atoms with Crippen molar-refractivity contribution >= 4 is 35.0 Å². The molecule has 1 aromatic heterocycles. The van der Waals surface area contributed by atoms with Crippen LogP contribution >= 0.6 is 23.4 Å². The molecule has 7 heteroatoms. The van der Waals surface area contributed by atoms with Gasteiger partial charge in [-0.1, -0.05) is 65.8 Å². The second-order valence-electron chi connectivity index (χ2n) is 6.03. The molecule has 0 fully saturated rings. The van der Waals surface area contributed by atoms with Crippen LogP contribution in [0.15, 0.2) is 59.8 Å². The second-order valence-corrected chi connectivity index (χ2v) is 7.75. The van der Waals surface area contributed by atoms with Crippen LogP contribution < -0.4 is 5.32 Å². The number of para-hydroxylation sites is 1. The Balaban J connectivity index is 1.69. The summed E-state index contributed by atoms with van der Waals surface area (Å²) in [5.41, 5.74) is 1.79. The van der Waals surface area contributed by atoms with Crippen LogP contribution in [0.3, 0.4) is 0 Å². The zero-order valence-electron chi connectivity index (χ0n) is 15.2. The van der Waals surface area contributed by atoms with E-state index < -0.39 is 0 Å². The van der Waals surface area contributed by atoms with Gasteiger partial charge in [0.2, 0.25) is 5.91 Å². The summed E-state index contributed by atoms with van der Waals surface area (Å²) in [5.74, 6) is 0.772. The van der Waals surface area contributed by atoms with Crippen molar-refractivity contribution in [3.05, 3.63) is 71.0 Å². The van der Waals surface area contributed by atoms with Crippen LogP contribution in [-0.2, 0) is 17.8 Å². The highest BCUT2D eigenvalue weighted by molar-refractivity contribution is 8.00. The molecule has 0 radical (unpaired) electrons. The molecule has 3 aromatic rings. The summed E-state index contributed by atoms with van der Waals surface area (Å²) in [6.45, 7) is 4.65. The molecule has 1 N–H and O–H groups in total. The van der Waals surface area contributed by atoms with Crippen molar-refractivity contribution in [2.75, 3.05) is 5.32 Å². The maximum Gasteiger partial charge on any atom is 0.237 e. The predicted octanol–water partition coefficient (Wildman–Crippen LogP) is 4.66. The van der Waals surface area contributed by atoms with E-state index in [1.54, 1.807) is 12.1 Å². The molecule has 1 amide bonds. The van der Waals surface area contributed by atoms with E-state index in [0.29, 0.717) is 17.1 Å². The molecule has 0 spiro atoms. The molecule has 0 aliphatic rings. The molecule has 1 heterocycles. The van der Waals surface area contributed by atoms with E-state index >= 15 is 0 Å². The van der Waals surface area contributed by atoms with Gasteiger partial charge in [-0.2, -0.15) is 0 Å². The molecule has 0 saturated carbocycles. The first-order chi connectivity index (χ1) is 13.1. The summed E-state index contributed by atoms with van der Waals surface area (Å²) in [7, 11) is 0. The molecule has 1 atom stereocenters. The molecular weight excluding hydrogens is 380 g/mol. The number of nitrogens with zero attached hydrogens (tertiary/aromatic N) is 3. The van der Waals surface area contributed by atoms with Gasteiger partial charge >= 0.3 is 0 Å². The highest BCUT2D eigenvalue weighted by Crippen LogP contribution is 2.26. The fraction of sp³-hybridized carbons (Fsp3) is 0.250. The van der Waals surface area contributed by atoms with Gasteiger partial charge in [0.05, 0.1) is 16.0 Å². The lowest BCUT2D eigenvalue weighted by Crippen LogP contribution is -2.23. The molecule has 0 aliphatic heterocycles. The van der Waals surface area contributed by atoms with Gasteiger partial charge < -0.3 is 9.88 Å². The third kappa shape index (κ3) is 4.90. The molecular formula is C20H21ClN4OS. The Bertz CT molecular complexity index is 913. The first kappa shape index (κ1) is 19.5. The molecule has 0 bridgehead atoms. The average Bonchev–Trinajstić information content (AvgIpc) is 3.05. The number of carbonyl (C=O) groups excluding carboxylic acids is 1. The smallest absolute Gasteiger partial charge is 0.237 e. The third-order valence-electron chi connectivity index (χ3n) is 4.10. The Morgan fingerprint density at radius 3 is 2.56 bits per heavy atom. The maximum absolute atomic E-state index is 12.5. The number of carbonyl (C=O) groups is 1. The van der Waals surface area contributed by atoms with Crippen molar-refractivity contribution in [2.24, 2.45) is 0 Å². The monoisotopic (exact) mass is 400 g/mol. The molecule has 0 aliphatic carbocycles. The average molecular weight is 401 g/mol. The van der Waals surface area contributed by atoms with Gasteiger partial charge in [0.1, 0.15) is 5.82 Å². The third-order valence-corrected chi connectivity index (χ3v) is 5.51. The Morgan fingerprint density at radius 2 is 1.85 bits per heavy atom. The van der Waals surface area contributed by atoms with E-state index in [-0.39, 0.29) is 11.2 Å². The van der Waals surface area contributed by atoms with Crippen LogP contribution in [0, 0.1) is 0 Å². The summed E-state index contributed by atoms with van der Waals surface area (Å²) in [6.07, 6.45) is 0.711. The number of anilines is 1. The Hall–Kier alpha value is -2.31. The Morgan fingerprint density at radius 1 is 1.15 bits per heavy atom. The lowest BCUT2D eigenvalue weighted by molar-refractivity contribution is -0.115. The standard InChI is InChI=1S/C20H21ClN4OS/c1-3-25-18(13-15-9-5-4-6-10-15)23-24-20(25)27-14(2)19(26)22-17-12-8-7-11-16(17)21/h4-12,14H,3,13H2,1-2H3,(H,22,26)/t14-/m0/s1. The fourth-order valence-electron chi connectivity index (χ4n) is 2.64. The number of thioether (sulfide) groups is 1. The number of amides is 1. The van der Waals surface area contributed by atoms with Crippen LogP contribution in [0.5, 0.6) is 0 Å². The Kier molecular flexibility index (Phi) is 6.53. The van der Waals surface area contributed by atoms with Crippen LogP contribution in [0.1, 0.15) is 25.2 Å². The molecule has 3 rings (SSSR count). The zero-order chi connectivity index (χ0) is 19.2. The first-order valence-electron chi connectivity index (χ1n) is 8.76. The molecule has 5 nitrogen and oxygen atoms in total. The molecule has 140 valence electrons. The molecule has 0 saturated heterocycles. The van der Waals surface area contributed by atoms with Gasteiger partial charge in [-0.15, -0.1) is 10.2 Å². The van der Waals surface area contributed by atoms with Crippen molar-refractivity contribution in [2.45, 2.75) is 37.2 Å². The Labute approximate surface area is 168 Å². The number of halogens is 1. The number of aromatic nitrogens is 3. The fourth-order valence-corrected chi connectivity index (χ4v) is 3.76. The maximum atomic E-state index is 12.5. The predicted molar refractivity (Wildman–Crippen MR) is 110 cm³/mol. The quantitative estimate of drug-likeness (QED) is 0.586. The van der Waals surface area contributed by atoms with E-state index in [2.05, 4.69) is 39.1 Å². The summed E-state index contributed by atoms with van der Waals surface area (Å²) in [5, 5.41) is 12.4. The van der Waals surface area contributed by atoms with Crippen LogP contribution in [0.4, 0.5) is 5.69 Å². The molecule has 0 unspecified atom stereocenters. The lowest BCUT2D eigenvalue weighted by Gasteiger charge is -2.13. The largest absolute Gasteiger partial charge is 0.324 e. The minimum atomic E-state index is -0.333. The van der Waals surface area contributed by atoms with Crippen molar-refractivity contribution in [3.8, 4) is 0 Å². The summed E-state index contributed by atoms with van der Waals surface area (Å²) < 4.78 is 2.05. The minimum Gasteiger partial charge on any atom is -0.324 e. The summed E-state index contributed by atoms with van der Waals surface area (Å²) >= 11 is 7.51. The van der Waals surface area contributed by atoms with E-state index in [4.69, 9.17) is 11.6 Å². The SMILES string of the molecule is CCn1c(Cc2ccccc2)nnc1S[C@@H](C)C(=O)Nc1ccccc1Cl. The van der Waals surface area contributed by atoms with E-state index in [0.717, 1.165) is 17.5 Å². The number of nitrogens with one attached hydrogen (secondary N) is 1. The summed E-state index contributed by atoms with van der Waals surface area (Å²) in [6, 6.07) is 17.4. The summed E-state index contributed by atoms with van der Waals surface area (Å²) in [4.78, 5) is 12.5. The highest BCUT2D eigenvalue weighted by atomic mass is 35.5. The van der Waals surface area contributed by atoms with Crippen molar-refractivity contribution in [1.29, 1.82) is 0 Å². The number of hydrogen-bond acceptors (Lipinski definition) is 4. The zero-order valence-corrected chi connectivity index (χ0v) is 16.8. The van der Waals surface area contributed by atoms with Gasteiger partial charge in [-0.25, -0.2) is 0 Å². The number of benzene rings is 2. The second kappa shape index (κ2) is 9.06. The lowest BCUT2D eigenvalue weighted by atomic mass is 10.1. The van der Waals surface area contributed by atoms with E-state index in [9.17, 15) is 4.79 Å². The minimum absolute atomic E-state index is 0.122. The van der Waals surface area contributed by atoms with Gasteiger partial charge in [0.15, 0.2) is 5.16 Å². The highest BCUT2D eigenvalue weighted by Gasteiger charge is 2.20. The van der Waals surface area contributed by atoms with Gasteiger partial charge in [0.25, 0.3) is 0 Å². The van der Waals surface area contributed by atoms with Gasteiger partial charge in [0, 0.05) is 13.0 Å². The van der Waals surface area contributed by atoms with Crippen LogP contribution in [-0.4, -0.2) is 25.9 Å². The van der Waals surface area contributed by atoms with Crippen LogP contribution in [0.25, 0.3) is 0 Å². The number of rotatable bonds is 7.